The number of nitro groups is 1. The summed E-state index contributed by atoms with van der Waals surface area (Å²) in [5.74, 6) is -0.470. The number of nitro benzene ring substituents is 1. The number of benzene rings is 4. The molecule has 4 aromatic rings. The van der Waals surface area contributed by atoms with E-state index in [1.165, 1.54) is 12.1 Å². The zero-order valence-electron chi connectivity index (χ0n) is 19.1. The van der Waals surface area contributed by atoms with Crippen molar-refractivity contribution in [1.82, 2.24) is 0 Å². The lowest BCUT2D eigenvalue weighted by Gasteiger charge is -2.13. The molecule has 0 bridgehead atoms. The Morgan fingerprint density at radius 3 is 2.57 bits per heavy atom. The van der Waals surface area contributed by atoms with Crippen molar-refractivity contribution in [2.75, 3.05) is 11.9 Å². The van der Waals surface area contributed by atoms with Crippen LogP contribution in [0.1, 0.15) is 22.8 Å². The molecule has 176 valence electrons. The standard InChI is InChI=1S/C26H22N4O5/c1-3-35-23-11-7-6-10-21(23)27-26(32)19-15-17-8-4-5-9-18(17)24(25(19)31)29-28-20-13-12-16(2)14-22(20)30(33)34/h4-15,31H,3H2,1-2H3,(H,27,32). The Labute approximate surface area is 200 Å². The molecule has 0 aromatic heterocycles. The van der Waals surface area contributed by atoms with Crippen LogP contribution in [0.15, 0.2) is 83.0 Å². The van der Waals surface area contributed by atoms with Crippen LogP contribution in [0.25, 0.3) is 10.8 Å². The van der Waals surface area contributed by atoms with Gasteiger partial charge < -0.3 is 15.2 Å². The quantitative estimate of drug-likeness (QED) is 0.174. The average molecular weight is 470 g/mol. The van der Waals surface area contributed by atoms with E-state index in [2.05, 4.69) is 15.5 Å². The molecule has 0 spiro atoms. The minimum atomic E-state index is -0.571. The predicted molar refractivity (Wildman–Crippen MR) is 133 cm³/mol. The number of nitrogens with zero attached hydrogens (tertiary/aromatic N) is 3. The van der Waals surface area contributed by atoms with Crippen LogP contribution in [0.2, 0.25) is 0 Å². The number of rotatable bonds is 7. The van der Waals surface area contributed by atoms with Gasteiger partial charge in [-0.1, -0.05) is 42.5 Å². The van der Waals surface area contributed by atoms with Gasteiger partial charge in [0, 0.05) is 11.5 Å². The summed E-state index contributed by atoms with van der Waals surface area (Å²) in [4.78, 5) is 24.1. The molecule has 0 unspecified atom stereocenters. The van der Waals surface area contributed by atoms with Gasteiger partial charge in [-0.3, -0.25) is 14.9 Å². The number of hydrogen-bond acceptors (Lipinski definition) is 7. The molecular weight excluding hydrogens is 448 g/mol. The topological polar surface area (TPSA) is 126 Å². The molecule has 4 rings (SSSR count). The number of phenolic OH excluding ortho intramolecular Hbond substituents is 1. The number of nitrogens with one attached hydrogen (secondary N) is 1. The maximum atomic E-state index is 13.2. The van der Waals surface area contributed by atoms with Crippen molar-refractivity contribution in [1.29, 1.82) is 0 Å². The van der Waals surface area contributed by atoms with Gasteiger partial charge in [0.2, 0.25) is 0 Å². The zero-order valence-corrected chi connectivity index (χ0v) is 19.1. The van der Waals surface area contributed by atoms with E-state index in [4.69, 9.17) is 4.74 Å². The van der Waals surface area contributed by atoms with E-state index in [0.717, 1.165) is 0 Å². The third kappa shape index (κ3) is 4.93. The second kappa shape index (κ2) is 10.0. The van der Waals surface area contributed by atoms with Crippen LogP contribution < -0.4 is 10.1 Å². The number of amides is 1. The van der Waals surface area contributed by atoms with Gasteiger partial charge in [-0.25, -0.2) is 0 Å². The number of hydrogen-bond donors (Lipinski definition) is 2. The Bertz CT molecular complexity index is 1470. The molecule has 0 heterocycles. The summed E-state index contributed by atoms with van der Waals surface area (Å²) in [6, 6.07) is 20.1. The number of fused-ring (bicyclic) bond motifs is 1. The summed E-state index contributed by atoms with van der Waals surface area (Å²) in [5, 5.41) is 34.6. The number of phenols is 1. The normalized spacial score (nSPS) is 11.0. The molecule has 35 heavy (non-hydrogen) atoms. The zero-order chi connectivity index (χ0) is 24.9. The molecule has 0 atom stereocenters. The van der Waals surface area contributed by atoms with Crippen LogP contribution in [0.5, 0.6) is 11.5 Å². The lowest BCUT2D eigenvalue weighted by molar-refractivity contribution is -0.384. The number of azo groups is 1. The first-order valence-corrected chi connectivity index (χ1v) is 10.8. The van der Waals surface area contributed by atoms with E-state index in [0.29, 0.717) is 34.4 Å². The van der Waals surface area contributed by atoms with E-state index in [-0.39, 0.29) is 22.6 Å². The summed E-state index contributed by atoms with van der Waals surface area (Å²) in [6.07, 6.45) is 0. The van der Waals surface area contributed by atoms with Crippen molar-refractivity contribution < 1.29 is 19.6 Å². The van der Waals surface area contributed by atoms with E-state index in [9.17, 15) is 20.0 Å². The number of carbonyl (C=O) groups is 1. The summed E-state index contributed by atoms with van der Waals surface area (Å²) >= 11 is 0. The highest BCUT2D eigenvalue weighted by Crippen LogP contribution is 2.40. The van der Waals surface area contributed by atoms with Gasteiger partial charge in [0.05, 0.1) is 22.8 Å². The summed E-state index contributed by atoms with van der Waals surface area (Å²) < 4.78 is 5.56. The molecule has 0 aliphatic rings. The Morgan fingerprint density at radius 2 is 1.80 bits per heavy atom. The van der Waals surface area contributed by atoms with Crippen molar-refractivity contribution >= 4 is 39.4 Å². The third-order valence-corrected chi connectivity index (χ3v) is 5.26. The highest BCUT2D eigenvalue weighted by atomic mass is 16.6. The van der Waals surface area contributed by atoms with Crippen LogP contribution >= 0.6 is 0 Å². The minimum Gasteiger partial charge on any atom is -0.505 e. The Hall–Kier alpha value is -4.79. The van der Waals surface area contributed by atoms with Gasteiger partial charge in [-0.15, -0.1) is 10.2 Å². The van der Waals surface area contributed by atoms with E-state index in [1.807, 2.05) is 6.92 Å². The smallest absolute Gasteiger partial charge is 0.296 e. The largest absolute Gasteiger partial charge is 0.505 e. The number of aromatic hydroxyl groups is 1. The number of ether oxygens (including phenoxy) is 1. The summed E-state index contributed by atoms with van der Waals surface area (Å²) in [6.45, 7) is 3.99. The SMILES string of the molecule is CCOc1ccccc1NC(=O)c1cc2ccccc2c(N=Nc2ccc(C)cc2[N+](=O)[O-])c1O. The fraction of sp³-hybridized carbons (Fsp3) is 0.115. The molecule has 2 N–H and O–H groups in total. The third-order valence-electron chi connectivity index (χ3n) is 5.26. The number of aryl methyl sites for hydroxylation is 1. The van der Waals surface area contributed by atoms with Crippen LogP contribution in [-0.2, 0) is 0 Å². The van der Waals surface area contributed by atoms with Crippen LogP contribution in [-0.4, -0.2) is 22.5 Å². The highest BCUT2D eigenvalue weighted by molar-refractivity contribution is 6.12. The number of para-hydroxylation sites is 2. The Kier molecular flexibility index (Phi) is 6.68. The lowest BCUT2D eigenvalue weighted by Crippen LogP contribution is -2.13. The first-order chi connectivity index (χ1) is 16.9. The van der Waals surface area contributed by atoms with Crippen LogP contribution in [0.4, 0.5) is 22.7 Å². The van der Waals surface area contributed by atoms with Crippen LogP contribution in [0.3, 0.4) is 0 Å². The van der Waals surface area contributed by atoms with E-state index < -0.39 is 16.6 Å². The molecular formula is C26H22N4O5. The second-order valence-corrected chi connectivity index (χ2v) is 7.68. The molecule has 0 radical (unpaired) electrons. The van der Waals surface area contributed by atoms with Crippen molar-refractivity contribution in [3.63, 3.8) is 0 Å². The fourth-order valence-corrected chi connectivity index (χ4v) is 3.60. The van der Waals surface area contributed by atoms with E-state index >= 15 is 0 Å². The van der Waals surface area contributed by atoms with Gasteiger partial charge in [0.1, 0.15) is 11.4 Å². The summed E-state index contributed by atoms with van der Waals surface area (Å²) in [5.41, 5.74) is 0.979. The first kappa shape index (κ1) is 23.4. The van der Waals surface area contributed by atoms with Crippen molar-refractivity contribution in [3.05, 3.63) is 94.0 Å². The maximum absolute atomic E-state index is 13.2. The molecule has 0 aliphatic heterocycles. The fourth-order valence-electron chi connectivity index (χ4n) is 3.60. The van der Waals surface area contributed by atoms with Gasteiger partial charge in [-0.2, -0.15) is 0 Å². The molecule has 0 fully saturated rings. The Balaban J connectivity index is 1.79. The molecule has 4 aromatic carbocycles. The minimum absolute atomic E-state index is 0.0256. The first-order valence-electron chi connectivity index (χ1n) is 10.8. The molecule has 9 nitrogen and oxygen atoms in total. The maximum Gasteiger partial charge on any atom is 0.296 e. The summed E-state index contributed by atoms with van der Waals surface area (Å²) in [7, 11) is 0. The predicted octanol–water partition coefficient (Wildman–Crippen LogP) is 6.83. The van der Waals surface area contributed by atoms with Crippen LogP contribution in [0, 0.1) is 17.0 Å². The van der Waals surface area contributed by atoms with Crippen molar-refractivity contribution in [3.8, 4) is 11.5 Å². The van der Waals surface area contributed by atoms with Gasteiger partial charge >= 0.3 is 0 Å². The molecule has 0 saturated carbocycles. The molecule has 0 saturated heterocycles. The second-order valence-electron chi connectivity index (χ2n) is 7.68. The van der Waals surface area contributed by atoms with Crippen molar-refractivity contribution in [2.24, 2.45) is 10.2 Å². The number of anilines is 1. The lowest BCUT2D eigenvalue weighted by atomic mass is 10.0. The van der Waals surface area contributed by atoms with Crippen molar-refractivity contribution in [2.45, 2.75) is 13.8 Å². The molecule has 0 aliphatic carbocycles. The molecule has 1 amide bonds. The van der Waals surface area contributed by atoms with Gasteiger partial charge in [0.15, 0.2) is 11.4 Å². The molecule has 9 heteroatoms. The van der Waals surface area contributed by atoms with E-state index in [1.54, 1.807) is 67.6 Å². The van der Waals surface area contributed by atoms with Gasteiger partial charge in [-0.05, 0) is 49.1 Å². The monoisotopic (exact) mass is 470 g/mol. The number of carbonyl (C=O) groups excluding carboxylic acids is 1. The van der Waals surface area contributed by atoms with Gasteiger partial charge in [0.25, 0.3) is 11.6 Å². The highest BCUT2D eigenvalue weighted by Gasteiger charge is 2.20. The average Bonchev–Trinajstić information content (AvgIpc) is 2.85. The Morgan fingerprint density at radius 1 is 1.06 bits per heavy atom.